The molecule has 2 saturated heterocycles. The minimum Gasteiger partial charge on any atom is -0.445 e. The first kappa shape index (κ1) is 18.5. The highest BCUT2D eigenvalue weighted by Crippen LogP contribution is 2.24. The van der Waals surface area contributed by atoms with E-state index in [1.54, 1.807) is 9.80 Å². The van der Waals surface area contributed by atoms with E-state index in [1.807, 2.05) is 51.1 Å². The molecule has 26 heavy (non-hydrogen) atoms. The summed E-state index contributed by atoms with van der Waals surface area (Å²) in [4.78, 5) is 28.3. The molecule has 1 aromatic rings. The van der Waals surface area contributed by atoms with E-state index in [9.17, 15) is 9.59 Å². The van der Waals surface area contributed by atoms with Crippen LogP contribution in [0.15, 0.2) is 30.3 Å². The van der Waals surface area contributed by atoms with Gasteiger partial charge in [-0.2, -0.15) is 0 Å². The number of piperazine rings is 1. The third-order valence-electron chi connectivity index (χ3n) is 4.34. The number of carbonyl (C=O) groups excluding carboxylic acids is 2. The number of hydrogen-bond acceptors (Lipinski definition) is 5. The largest absolute Gasteiger partial charge is 0.445 e. The number of benzene rings is 1. The first-order chi connectivity index (χ1) is 12.3. The Morgan fingerprint density at radius 2 is 1.69 bits per heavy atom. The first-order valence-electron chi connectivity index (χ1n) is 8.88. The van der Waals surface area contributed by atoms with Crippen molar-refractivity contribution in [3.63, 3.8) is 0 Å². The third kappa shape index (κ3) is 4.46. The van der Waals surface area contributed by atoms with Gasteiger partial charge in [-0.05, 0) is 26.3 Å². The van der Waals surface area contributed by atoms with Crippen molar-refractivity contribution >= 4 is 12.2 Å². The lowest BCUT2D eigenvalue weighted by atomic mass is 10.1. The molecule has 1 aromatic carbocycles. The maximum Gasteiger partial charge on any atom is 0.411 e. The molecule has 2 heterocycles. The molecule has 2 aliphatic rings. The van der Waals surface area contributed by atoms with Gasteiger partial charge in [0.25, 0.3) is 0 Å². The Labute approximate surface area is 153 Å². The normalized spacial score (nSPS) is 22.7. The van der Waals surface area contributed by atoms with Gasteiger partial charge in [0, 0.05) is 13.1 Å². The maximum absolute atomic E-state index is 12.5. The van der Waals surface area contributed by atoms with E-state index in [2.05, 4.69) is 0 Å². The average Bonchev–Trinajstić information content (AvgIpc) is 2.58. The lowest BCUT2D eigenvalue weighted by molar-refractivity contribution is -0.0944. The summed E-state index contributed by atoms with van der Waals surface area (Å²) < 4.78 is 16.5. The van der Waals surface area contributed by atoms with E-state index in [4.69, 9.17) is 14.2 Å². The standard InChI is InChI=1S/C19H26N2O5/c1-19(2,3)26-18(23)21-15-9-20(10-16(21)13-24-12-15)17(22)25-11-14-7-5-4-6-8-14/h4-8,15-16H,9-13H2,1-3H3/t15-,16-/m0/s1. The maximum atomic E-state index is 12.5. The van der Waals surface area contributed by atoms with E-state index in [0.717, 1.165) is 5.56 Å². The summed E-state index contributed by atoms with van der Waals surface area (Å²) >= 11 is 0. The van der Waals surface area contributed by atoms with Crippen LogP contribution in [0, 0.1) is 0 Å². The summed E-state index contributed by atoms with van der Waals surface area (Å²) in [6.07, 6.45) is -0.720. The van der Waals surface area contributed by atoms with Crippen molar-refractivity contribution in [2.45, 2.75) is 45.1 Å². The van der Waals surface area contributed by atoms with Crippen molar-refractivity contribution in [1.29, 1.82) is 0 Å². The smallest absolute Gasteiger partial charge is 0.411 e. The van der Waals surface area contributed by atoms with E-state index < -0.39 is 5.60 Å². The summed E-state index contributed by atoms with van der Waals surface area (Å²) in [6, 6.07) is 9.12. The molecule has 7 heteroatoms. The van der Waals surface area contributed by atoms with Gasteiger partial charge in [0.1, 0.15) is 12.2 Å². The van der Waals surface area contributed by atoms with Crippen LogP contribution in [-0.2, 0) is 20.8 Å². The number of morpholine rings is 1. The van der Waals surface area contributed by atoms with Crippen LogP contribution in [0.5, 0.6) is 0 Å². The van der Waals surface area contributed by atoms with Crippen LogP contribution in [0.1, 0.15) is 26.3 Å². The molecule has 0 spiro atoms. The fourth-order valence-corrected chi connectivity index (χ4v) is 3.24. The van der Waals surface area contributed by atoms with Crippen LogP contribution in [0.2, 0.25) is 0 Å². The van der Waals surface area contributed by atoms with Crippen LogP contribution in [0.4, 0.5) is 9.59 Å². The average molecular weight is 362 g/mol. The molecule has 142 valence electrons. The monoisotopic (exact) mass is 362 g/mol. The number of carbonyl (C=O) groups is 2. The van der Waals surface area contributed by atoms with Crippen LogP contribution in [-0.4, -0.2) is 66.0 Å². The van der Waals surface area contributed by atoms with Gasteiger partial charge in [0.05, 0.1) is 25.3 Å². The van der Waals surface area contributed by atoms with Crippen molar-refractivity contribution < 1.29 is 23.8 Å². The number of amides is 2. The highest BCUT2D eigenvalue weighted by Gasteiger charge is 2.44. The summed E-state index contributed by atoms with van der Waals surface area (Å²) in [5, 5.41) is 0. The Kier molecular flexibility index (Phi) is 5.36. The molecule has 0 radical (unpaired) electrons. The van der Waals surface area contributed by atoms with E-state index in [0.29, 0.717) is 26.3 Å². The Morgan fingerprint density at radius 3 is 2.27 bits per heavy atom. The topological polar surface area (TPSA) is 68.3 Å². The molecule has 2 bridgehead atoms. The summed E-state index contributed by atoms with van der Waals surface area (Å²) in [7, 11) is 0. The molecule has 0 aromatic heterocycles. The molecule has 2 atom stereocenters. The van der Waals surface area contributed by atoms with E-state index in [-0.39, 0.29) is 30.9 Å². The van der Waals surface area contributed by atoms with Gasteiger partial charge in [-0.15, -0.1) is 0 Å². The molecular weight excluding hydrogens is 336 g/mol. The van der Waals surface area contributed by atoms with Crippen LogP contribution < -0.4 is 0 Å². The molecule has 0 saturated carbocycles. The number of fused-ring (bicyclic) bond motifs is 2. The molecule has 0 aliphatic carbocycles. The van der Waals surface area contributed by atoms with Gasteiger partial charge in [-0.3, -0.25) is 4.90 Å². The van der Waals surface area contributed by atoms with E-state index >= 15 is 0 Å². The highest BCUT2D eigenvalue weighted by atomic mass is 16.6. The predicted octanol–water partition coefficient (Wildman–Crippen LogP) is 2.64. The number of ether oxygens (including phenoxy) is 3. The van der Waals surface area contributed by atoms with Gasteiger partial charge >= 0.3 is 12.2 Å². The van der Waals surface area contributed by atoms with Crippen molar-refractivity contribution in [2.24, 2.45) is 0 Å². The number of hydrogen-bond donors (Lipinski definition) is 0. The molecular formula is C19H26N2O5. The van der Waals surface area contributed by atoms with Crippen molar-refractivity contribution in [3.8, 4) is 0 Å². The second-order valence-electron chi connectivity index (χ2n) is 7.68. The molecule has 2 fully saturated rings. The summed E-state index contributed by atoms with van der Waals surface area (Å²) in [5.74, 6) is 0. The SMILES string of the molecule is CC(C)(C)OC(=O)N1[C@@H]2COC[C@@H]1CN(C(=O)OCc1ccccc1)C2. The van der Waals surface area contributed by atoms with Crippen molar-refractivity contribution in [3.05, 3.63) is 35.9 Å². The van der Waals surface area contributed by atoms with Gasteiger partial charge in [0.15, 0.2) is 0 Å². The molecule has 0 unspecified atom stereocenters. The van der Waals surface area contributed by atoms with Crippen LogP contribution >= 0.6 is 0 Å². The van der Waals surface area contributed by atoms with Gasteiger partial charge < -0.3 is 19.1 Å². The Bertz CT molecular complexity index is 629. The van der Waals surface area contributed by atoms with E-state index in [1.165, 1.54) is 0 Å². The lowest BCUT2D eigenvalue weighted by Gasteiger charge is -2.48. The zero-order valence-electron chi connectivity index (χ0n) is 15.5. The van der Waals surface area contributed by atoms with Crippen molar-refractivity contribution in [1.82, 2.24) is 9.80 Å². The number of nitrogens with zero attached hydrogens (tertiary/aromatic N) is 2. The van der Waals surface area contributed by atoms with Gasteiger partial charge in [-0.1, -0.05) is 30.3 Å². The predicted molar refractivity (Wildman–Crippen MR) is 94.7 cm³/mol. The first-order valence-corrected chi connectivity index (χ1v) is 8.88. The quantitative estimate of drug-likeness (QED) is 0.809. The molecule has 0 N–H and O–H groups in total. The minimum absolute atomic E-state index is 0.221. The third-order valence-corrected chi connectivity index (χ3v) is 4.34. The second-order valence-corrected chi connectivity index (χ2v) is 7.68. The van der Waals surface area contributed by atoms with Gasteiger partial charge in [0.2, 0.25) is 0 Å². The van der Waals surface area contributed by atoms with Gasteiger partial charge in [-0.25, -0.2) is 9.59 Å². The highest BCUT2D eigenvalue weighted by molar-refractivity contribution is 5.71. The molecule has 2 aliphatic heterocycles. The minimum atomic E-state index is -0.558. The summed E-state index contributed by atoms with van der Waals surface area (Å²) in [5.41, 5.74) is 0.384. The molecule has 7 nitrogen and oxygen atoms in total. The second kappa shape index (κ2) is 7.53. The van der Waals surface area contributed by atoms with Crippen LogP contribution in [0.3, 0.4) is 0 Å². The fraction of sp³-hybridized carbons (Fsp3) is 0.579. The zero-order chi connectivity index (χ0) is 18.7. The lowest BCUT2D eigenvalue weighted by Crippen LogP contribution is -2.67. The number of rotatable bonds is 2. The molecule has 2 amide bonds. The Balaban J connectivity index is 1.60. The van der Waals surface area contributed by atoms with Crippen LogP contribution in [0.25, 0.3) is 0 Å². The zero-order valence-corrected chi connectivity index (χ0v) is 15.5. The summed E-state index contributed by atoms with van der Waals surface area (Å²) in [6.45, 7) is 7.29. The Morgan fingerprint density at radius 1 is 1.08 bits per heavy atom. The fourth-order valence-electron chi connectivity index (χ4n) is 3.24. The Hall–Kier alpha value is -2.28. The van der Waals surface area contributed by atoms with Crippen molar-refractivity contribution in [2.75, 3.05) is 26.3 Å². The molecule has 3 rings (SSSR count).